The van der Waals surface area contributed by atoms with Gasteiger partial charge in [0.05, 0.1) is 11.3 Å². The third-order valence-corrected chi connectivity index (χ3v) is 2.99. The van der Waals surface area contributed by atoms with Crippen molar-refractivity contribution >= 4 is 27.3 Å². The molecule has 0 aromatic heterocycles. The Morgan fingerprint density at radius 2 is 1.79 bits per heavy atom. The van der Waals surface area contributed by atoms with Gasteiger partial charge in [-0.05, 0) is 40.2 Å². The van der Waals surface area contributed by atoms with E-state index in [9.17, 15) is 13.2 Å². The van der Waals surface area contributed by atoms with Gasteiger partial charge in [0.2, 0.25) is 0 Å². The van der Waals surface area contributed by atoms with E-state index in [1.165, 1.54) is 12.1 Å². The summed E-state index contributed by atoms with van der Waals surface area (Å²) in [6, 6.07) is 7.25. The molecule has 0 aliphatic heterocycles. The SMILES string of the molecule is N#Cc1ccc(Nc2c(F)cc(F)cc2Br)cc1F. The van der Waals surface area contributed by atoms with Gasteiger partial charge in [0.25, 0.3) is 0 Å². The zero-order valence-corrected chi connectivity index (χ0v) is 10.9. The predicted octanol–water partition coefficient (Wildman–Crippen LogP) is 4.48. The first-order chi connectivity index (χ1) is 9.01. The van der Waals surface area contributed by atoms with Crippen LogP contribution in [-0.2, 0) is 0 Å². The van der Waals surface area contributed by atoms with Crippen LogP contribution in [0.2, 0.25) is 0 Å². The van der Waals surface area contributed by atoms with E-state index >= 15 is 0 Å². The van der Waals surface area contributed by atoms with Crippen LogP contribution in [-0.4, -0.2) is 0 Å². The molecule has 6 heteroatoms. The number of anilines is 2. The summed E-state index contributed by atoms with van der Waals surface area (Å²) < 4.78 is 40.0. The van der Waals surface area contributed by atoms with Crippen LogP contribution in [0.1, 0.15) is 5.56 Å². The second-order valence-corrected chi connectivity index (χ2v) is 4.53. The van der Waals surface area contributed by atoms with E-state index in [1.807, 2.05) is 0 Å². The maximum Gasteiger partial charge on any atom is 0.150 e. The van der Waals surface area contributed by atoms with E-state index in [2.05, 4.69) is 21.2 Å². The third kappa shape index (κ3) is 2.88. The quantitative estimate of drug-likeness (QED) is 0.883. The van der Waals surface area contributed by atoms with Crippen molar-refractivity contribution in [1.82, 2.24) is 0 Å². The molecule has 0 heterocycles. The maximum atomic E-state index is 13.6. The molecular weight excluding hydrogens is 321 g/mol. The summed E-state index contributed by atoms with van der Waals surface area (Å²) in [7, 11) is 0. The van der Waals surface area contributed by atoms with Gasteiger partial charge in [0.1, 0.15) is 17.7 Å². The Kier molecular flexibility index (Phi) is 3.76. The van der Waals surface area contributed by atoms with Crippen molar-refractivity contribution in [3.05, 3.63) is 57.8 Å². The predicted molar refractivity (Wildman–Crippen MR) is 68.5 cm³/mol. The lowest BCUT2D eigenvalue weighted by molar-refractivity contribution is 0.584. The minimum Gasteiger partial charge on any atom is -0.352 e. The zero-order chi connectivity index (χ0) is 14.0. The Labute approximate surface area is 115 Å². The van der Waals surface area contributed by atoms with E-state index in [0.29, 0.717) is 6.07 Å². The van der Waals surface area contributed by atoms with E-state index in [0.717, 1.165) is 12.1 Å². The van der Waals surface area contributed by atoms with Gasteiger partial charge < -0.3 is 5.32 Å². The molecule has 0 aliphatic carbocycles. The maximum absolute atomic E-state index is 13.6. The summed E-state index contributed by atoms with van der Waals surface area (Å²) in [5.74, 6) is -2.25. The molecule has 0 amide bonds. The minimum atomic E-state index is -0.809. The average Bonchev–Trinajstić information content (AvgIpc) is 2.34. The molecule has 2 nitrogen and oxygen atoms in total. The van der Waals surface area contributed by atoms with Gasteiger partial charge in [-0.1, -0.05) is 0 Å². The molecule has 0 radical (unpaired) electrons. The number of benzene rings is 2. The molecule has 0 atom stereocenters. The summed E-state index contributed by atoms with van der Waals surface area (Å²) in [5.41, 5.74) is 0.136. The van der Waals surface area contributed by atoms with Gasteiger partial charge in [0.15, 0.2) is 5.82 Å². The van der Waals surface area contributed by atoms with Crippen molar-refractivity contribution in [2.24, 2.45) is 0 Å². The molecular formula is C13H6BrF3N2. The monoisotopic (exact) mass is 326 g/mol. The fraction of sp³-hybridized carbons (Fsp3) is 0. The van der Waals surface area contributed by atoms with Crippen LogP contribution in [0.3, 0.4) is 0 Å². The lowest BCUT2D eigenvalue weighted by Crippen LogP contribution is -1.97. The molecule has 0 bridgehead atoms. The van der Waals surface area contributed by atoms with E-state index in [-0.39, 0.29) is 21.4 Å². The standard InChI is InChI=1S/C13H6BrF3N2/c14-10-3-8(15)4-12(17)13(10)19-9-2-1-7(6-18)11(16)5-9/h1-5,19H. The smallest absolute Gasteiger partial charge is 0.150 e. The van der Waals surface area contributed by atoms with E-state index in [1.54, 1.807) is 6.07 Å². The second-order valence-electron chi connectivity index (χ2n) is 3.68. The summed E-state index contributed by atoms with van der Waals surface area (Å²) in [6.07, 6.45) is 0. The summed E-state index contributed by atoms with van der Waals surface area (Å²) in [6.45, 7) is 0. The summed E-state index contributed by atoms with van der Waals surface area (Å²) in [4.78, 5) is 0. The van der Waals surface area contributed by atoms with Crippen molar-refractivity contribution in [1.29, 1.82) is 5.26 Å². The van der Waals surface area contributed by atoms with Gasteiger partial charge in [-0.2, -0.15) is 5.26 Å². The number of nitrogens with zero attached hydrogens (tertiary/aromatic N) is 1. The molecule has 0 spiro atoms. The van der Waals surface area contributed by atoms with Crippen molar-refractivity contribution in [3.63, 3.8) is 0 Å². The molecule has 2 aromatic rings. The average molecular weight is 327 g/mol. The number of halogens is 4. The fourth-order valence-electron chi connectivity index (χ4n) is 1.49. The largest absolute Gasteiger partial charge is 0.352 e. The van der Waals surface area contributed by atoms with E-state index in [4.69, 9.17) is 5.26 Å². The van der Waals surface area contributed by atoms with Gasteiger partial charge in [-0.3, -0.25) is 0 Å². The lowest BCUT2D eigenvalue weighted by Gasteiger charge is -2.10. The third-order valence-electron chi connectivity index (χ3n) is 2.37. The van der Waals surface area contributed by atoms with Crippen molar-refractivity contribution < 1.29 is 13.2 Å². The molecule has 0 fully saturated rings. The molecule has 1 N–H and O–H groups in total. The normalized spacial score (nSPS) is 10.1. The Morgan fingerprint density at radius 3 is 2.37 bits per heavy atom. The highest BCUT2D eigenvalue weighted by molar-refractivity contribution is 9.10. The number of nitrogens with one attached hydrogen (secondary N) is 1. The molecule has 96 valence electrons. The Morgan fingerprint density at radius 1 is 1.05 bits per heavy atom. The van der Waals surface area contributed by atoms with Gasteiger partial charge in [0, 0.05) is 16.2 Å². The second kappa shape index (κ2) is 5.33. The Bertz CT molecular complexity index is 657. The first-order valence-corrected chi connectivity index (χ1v) is 5.92. The van der Waals surface area contributed by atoms with Crippen LogP contribution in [0.4, 0.5) is 24.5 Å². The molecule has 2 rings (SSSR count). The first kappa shape index (κ1) is 13.4. The van der Waals surface area contributed by atoms with Gasteiger partial charge >= 0.3 is 0 Å². The number of rotatable bonds is 2. The molecule has 0 unspecified atom stereocenters. The fourth-order valence-corrected chi connectivity index (χ4v) is 2.00. The Balaban J connectivity index is 2.37. The summed E-state index contributed by atoms with van der Waals surface area (Å²) >= 11 is 3.01. The first-order valence-electron chi connectivity index (χ1n) is 5.12. The van der Waals surface area contributed by atoms with Crippen molar-refractivity contribution in [3.8, 4) is 6.07 Å². The molecule has 0 saturated heterocycles. The highest BCUT2D eigenvalue weighted by Crippen LogP contribution is 2.30. The van der Waals surface area contributed by atoms with Crippen LogP contribution in [0.25, 0.3) is 0 Å². The topological polar surface area (TPSA) is 35.8 Å². The van der Waals surface area contributed by atoms with Crippen molar-refractivity contribution in [2.45, 2.75) is 0 Å². The molecule has 0 saturated carbocycles. The van der Waals surface area contributed by atoms with Gasteiger partial charge in [-0.25, -0.2) is 13.2 Å². The number of hydrogen-bond donors (Lipinski definition) is 1. The molecule has 2 aromatic carbocycles. The highest BCUT2D eigenvalue weighted by atomic mass is 79.9. The van der Waals surface area contributed by atoms with Crippen LogP contribution in [0.15, 0.2) is 34.8 Å². The van der Waals surface area contributed by atoms with Crippen LogP contribution in [0, 0.1) is 28.8 Å². The zero-order valence-electron chi connectivity index (χ0n) is 9.35. The number of hydrogen-bond acceptors (Lipinski definition) is 2. The van der Waals surface area contributed by atoms with Crippen LogP contribution in [0.5, 0.6) is 0 Å². The molecule has 19 heavy (non-hydrogen) atoms. The van der Waals surface area contributed by atoms with Crippen LogP contribution >= 0.6 is 15.9 Å². The van der Waals surface area contributed by atoms with Gasteiger partial charge in [-0.15, -0.1) is 0 Å². The van der Waals surface area contributed by atoms with Crippen LogP contribution < -0.4 is 5.32 Å². The Hall–Kier alpha value is -2.00. The minimum absolute atomic E-state index is 0.00879. The lowest BCUT2D eigenvalue weighted by atomic mass is 10.2. The number of nitriles is 1. The van der Waals surface area contributed by atoms with E-state index < -0.39 is 17.5 Å². The van der Waals surface area contributed by atoms with Crippen molar-refractivity contribution in [2.75, 3.05) is 5.32 Å². The highest BCUT2D eigenvalue weighted by Gasteiger charge is 2.11. The molecule has 0 aliphatic rings. The summed E-state index contributed by atoms with van der Waals surface area (Å²) in [5, 5.41) is 11.2.